The van der Waals surface area contributed by atoms with E-state index in [2.05, 4.69) is 203 Å². The van der Waals surface area contributed by atoms with E-state index in [9.17, 15) is 0 Å². The largest absolute Gasteiger partial charge is 0.228 e. The minimum Gasteiger partial charge on any atom is -0.228 e. The van der Waals surface area contributed by atoms with Gasteiger partial charge in [0.25, 0.3) is 0 Å². The highest BCUT2D eigenvalue weighted by atomic mass is 14.9. The molecule has 0 saturated carbocycles. The molecule has 0 saturated heterocycles. The summed E-state index contributed by atoms with van der Waals surface area (Å²) in [6.45, 7) is 0. The van der Waals surface area contributed by atoms with Crippen LogP contribution in [0.3, 0.4) is 0 Å². The molecule has 1 heterocycles. The predicted molar refractivity (Wildman–Crippen MR) is 268 cm³/mol. The first-order chi connectivity index (χ1) is 29.4. The fourth-order valence-corrected chi connectivity index (χ4v) is 11.1. The van der Waals surface area contributed by atoms with Gasteiger partial charge in [0.05, 0.1) is 16.6 Å². The van der Waals surface area contributed by atoms with Gasteiger partial charge in [-0.15, -0.1) is 16.4 Å². The summed E-state index contributed by atoms with van der Waals surface area (Å²) >= 11 is 0. The van der Waals surface area contributed by atoms with E-state index in [1.54, 1.807) is 0 Å². The number of aromatic nitrogens is 2. The maximum atomic E-state index is 5.43. The average Bonchev–Trinajstić information content (AvgIpc) is 3.78. The van der Waals surface area contributed by atoms with Crippen LogP contribution in [0.25, 0.3) is 88.5 Å². The summed E-state index contributed by atoms with van der Waals surface area (Å²) in [5.74, 6) is 0.731. The zero-order valence-electron chi connectivity index (χ0n) is 34.5. The van der Waals surface area contributed by atoms with Gasteiger partial charge < -0.3 is 0 Å². The molecule has 0 radical (unpaired) electrons. The Balaban J connectivity index is 1.07. The summed E-state index contributed by atoms with van der Waals surface area (Å²) in [5.41, 5.74) is 23.4. The molecule has 9 aromatic carbocycles. The van der Waals surface area contributed by atoms with Crippen molar-refractivity contribution >= 4 is 99.0 Å². The summed E-state index contributed by atoms with van der Waals surface area (Å²) in [5, 5.41) is 6.25. The molecule has 7 heteroatoms. The van der Waals surface area contributed by atoms with Crippen LogP contribution in [0.1, 0.15) is 22.3 Å². The zero-order chi connectivity index (χ0) is 40.4. The second-order valence-electron chi connectivity index (χ2n) is 16.9. The Hall–Kier alpha value is -6.84. The lowest BCUT2D eigenvalue weighted by atomic mass is 9.59. The van der Waals surface area contributed by atoms with Gasteiger partial charge in [0.2, 0.25) is 0 Å². The lowest BCUT2D eigenvalue weighted by Crippen LogP contribution is -2.55. The van der Waals surface area contributed by atoms with Gasteiger partial charge in [-0.3, -0.25) is 0 Å². The van der Waals surface area contributed by atoms with Gasteiger partial charge in [0.1, 0.15) is 39.2 Å². The lowest BCUT2D eigenvalue weighted by molar-refractivity contribution is 0.802. The Labute approximate surface area is 354 Å². The summed E-state index contributed by atoms with van der Waals surface area (Å²) in [6.07, 6.45) is 0. The summed E-state index contributed by atoms with van der Waals surface area (Å²) in [6, 6.07) is 60.6. The Kier molecular flexibility index (Phi) is 7.51. The molecule has 0 N–H and O–H groups in total. The fourth-order valence-electron chi connectivity index (χ4n) is 11.1. The van der Waals surface area contributed by atoms with Crippen LogP contribution >= 0.6 is 0 Å². The van der Waals surface area contributed by atoms with Crippen molar-refractivity contribution in [2.24, 2.45) is 0 Å². The third-order valence-electron chi connectivity index (χ3n) is 14.3. The van der Waals surface area contributed by atoms with E-state index in [-0.39, 0.29) is 0 Å². The van der Waals surface area contributed by atoms with Crippen LogP contribution < -0.4 is 27.3 Å². The van der Waals surface area contributed by atoms with E-state index in [1.165, 1.54) is 104 Å². The lowest BCUT2D eigenvalue weighted by Gasteiger charge is -2.31. The van der Waals surface area contributed by atoms with Crippen LogP contribution in [-0.4, -0.2) is 49.2 Å². The van der Waals surface area contributed by atoms with Gasteiger partial charge in [0, 0.05) is 16.5 Å². The molecule has 12 rings (SSSR count). The Morgan fingerprint density at radius 1 is 0.350 bits per heavy atom. The second-order valence-corrected chi connectivity index (χ2v) is 16.9. The standard InChI is InChI=1S/C53H37B5N2/c54-46-43(47(55)49(57)50(58)48(46)56)28-21-23-29(24-22-28)51-37-17-7-10-20-42(37)59-52(60-51)30-25-26-41-38(27-30)33-13-5-8-18-39(33)53(41)40-19-9-6-16-36(40)44-34-14-3-1-11-31(34)32-12-2-4-15-35(32)45(44)53/h1-27H,54-58H2. The highest BCUT2D eigenvalue weighted by molar-refractivity contribution is 6.68. The summed E-state index contributed by atoms with van der Waals surface area (Å²) < 4.78 is 0. The summed E-state index contributed by atoms with van der Waals surface area (Å²) in [4.78, 5) is 10.7. The molecule has 0 amide bonds. The van der Waals surface area contributed by atoms with E-state index >= 15 is 0 Å². The minimum atomic E-state index is -0.484. The molecule has 1 unspecified atom stereocenters. The first kappa shape index (κ1) is 35.1. The molecule has 0 aliphatic heterocycles. The number of benzene rings is 9. The van der Waals surface area contributed by atoms with Crippen molar-refractivity contribution in [3.8, 4) is 56.0 Å². The molecule has 0 bridgehead atoms. The van der Waals surface area contributed by atoms with Crippen molar-refractivity contribution in [2.75, 3.05) is 0 Å². The van der Waals surface area contributed by atoms with E-state index < -0.39 is 5.41 Å². The van der Waals surface area contributed by atoms with Gasteiger partial charge in [-0.1, -0.05) is 163 Å². The van der Waals surface area contributed by atoms with Crippen molar-refractivity contribution in [1.82, 2.24) is 9.97 Å². The molecular formula is C53H37B5N2. The molecule has 1 atom stereocenters. The molecular weight excluding hydrogens is 719 g/mol. The Bertz CT molecular complexity index is 3480. The van der Waals surface area contributed by atoms with E-state index in [4.69, 9.17) is 9.97 Å². The maximum Gasteiger partial charge on any atom is 0.160 e. The highest BCUT2D eigenvalue weighted by Gasteiger charge is 2.53. The van der Waals surface area contributed by atoms with Crippen molar-refractivity contribution in [3.05, 3.63) is 186 Å². The number of fused-ring (bicyclic) bond motifs is 16. The molecule has 10 aromatic rings. The number of hydrogen-bond acceptors (Lipinski definition) is 2. The van der Waals surface area contributed by atoms with Crippen LogP contribution in [0.2, 0.25) is 0 Å². The summed E-state index contributed by atoms with van der Waals surface area (Å²) in [7, 11) is 11.2. The van der Waals surface area contributed by atoms with Gasteiger partial charge in [0.15, 0.2) is 5.82 Å². The first-order valence-electron chi connectivity index (χ1n) is 21.1. The topological polar surface area (TPSA) is 25.8 Å². The van der Waals surface area contributed by atoms with Crippen LogP contribution in [0.5, 0.6) is 0 Å². The third kappa shape index (κ3) is 4.61. The monoisotopic (exact) mass is 756 g/mol. The van der Waals surface area contributed by atoms with Gasteiger partial charge >= 0.3 is 0 Å². The molecule has 2 aliphatic rings. The molecule has 60 heavy (non-hydrogen) atoms. The van der Waals surface area contributed by atoms with Gasteiger partial charge in [-0.25, -0.2) is 9.97 Å². The van der Waals surface area contributed by atoms with Crippen molar-refractivity contribution in [1.29, 1.82) is 0 Å². The van der Waals surface area contributed by atoms with Crippen LogP contribution in [0.15, 0.2) is 164 Å². The molecule has 274 valence electrons. The minimum absolute atomic E-state index is 0.484. The maximum absolute atomic E-state index is 5.43. The highest BCUT2D eigenvalue weighted by Crippen LogP contribution is 2.65. The van der Waals surface area contributed by atoms with Crippen LogP contribution in [-0.2, 0) is 5.41 Å². The molecule has 2 aliphatic carbocycles. The van der Waals surface area contributed by atoms with Crippen molar-refractivity contribution < 1.29 is 0 Å². The van der Waals surface area contributed by atoms with E-state index in [0.29, 0.717) is 0 Å². The Morgan fingerprint density at radius 2 is 0.850 bits per heavy atom. The van der Waals surface area contributed by atoms with Crippen LogP contribution in [0.4, 0.5) is 0 Å². The molecule has 0 fully saturated rings. The molecule has 1 aromatic heterocycles. The second kappa shape index (κ2) is 12.8. The smallest absolute Gasteiger partial charge is 0.160 e. The quantitative estimate of drug-likeness (QED) is 0.195. The number of nitrogens with zero attached hydrogens (tertiary/aromatic N) is 2. The fraction of sp³-hybridized carbons (Fsp3) is 0.0189. The SMILES string of the molecule is Bc1c(B)c(B)c(-c2ccc(-c3nc(-c4ccc5c(c4)-c4ccccc4C54c5ccccc5-c5c4c4ccccc4c4ccccc54)nc4ccccc34)cc2)c(B)c1B. The Morgan fingerprint density at radius 3 is 1.57 bits per heavy atom. The predicted octanol–water partition coefficient (Wildman–Crippen LogP) is 4.57. The molecule has 2 nitrogen and oxygen atoms in total. The zero-order valence-corrected chi connectivity index (χ0v) is 34.5. The molecule has 1 spiro atoms. The van der Waals surface area contributed by atoms with Crippen molar-refractivity contribution in [2.45, 2.75) is 5.41 Å². The van der Waals surface area contributed by atoms with E-state index in [1.807, 2.05) is 0 Å². The van der Waals surface area contributed by atoms with Crippen LogP contribution in [0, 0.1) is 0 Å². The average molecular weight is 756 g/mol. The van der Waals surface area contributed by atoms with Crippen molar-refractivity contribution in [3.63, 3.8) is 0 Å². The van der Waals surface area contributed by atoms with Gasteiger partial charge in [-0.2, -0.15) is 0 Å². The normalized spacial score (nSPS) is 14.7. The van der Waals surface area contributed by atoms with Gasteiger partial charge in [-0.05, 0) is 89.3 Å². The van der Waals surface area contributed by atoms with E-state index in [0.717, 1.165) is 33.5 Å². The number of hydrogen-bond donors (Lipinski definition) is 0. The number of para-hydroxylation sites is 1. The third-order valence-corrected chi connectivity index (χ3v) is 14.3. The number of rotatable bonds is 3. The first-order valence-corrected chi connectivity index (χ1v) is 21.1.